The lowest BCUT2D eigenvalue weighted by Crippen LogP contribution is -1.97. The molecule has 1 heterocycles. The summed E-state index contributed by atoms with van der Waals surface area (Å²) in [6.45, 7) is 6.16. The van der Waals surface area contributed by atoms with E-state index in [-0.39, 0.29) is 6.10 Å². The van der Waals surface area contributed by atoms with Crippen molar-refractivity contribution in [3.05, 3.63) is 29.1 Å². The normalized spacial score (nSPS) is 13.3. The third-order valence-corrected chi connectivity index (χ3v) is 2.68. The van der Waals surface area contributed by atoms with Gasteiger partial charge in [-0.05, 0) is 38.0 Å². The Morgan fingerprint density at radius 2 is 2.07 bits per heavy atom. The van der Waals surface area contributed by atoms with E-state index >= 15 is 0 Å². The maximum absolute atomic E-state index is 5.24. The molecule has 0 saturated carbocycles. The van der Waals surface area contributed by atoms with Crippen LogP contribution in [0.2, 0.25) is 0 Å². The van der Waals surface area contributed by atoms with Gasteiger partial charge in [-0.2, -0.15) is 0 Å². The monoisotopic (exact) mass is 204 g/mol. The van der Waals surface area contributed by atoms with Gasteiger partial charge in [0.2, 0.25) is 0 Å². The van der Waals surface area contributed by atoms with Crippen LogP contribution in [-0.4, -0.2) is 17.1 Å². The highest BCUT2D eigenvalue weighted by atomic mass is 16.5. The first-order valence-corrected chi connectivity index (χ1v) is 5.11. The molecule has 80 valence electrons. The van der Waals surface area contributed by atoms with Crippen LogP contribution in [0.25, 0.3) is 11.0 Å². The molecule has 1 unspecified atom stereocenters. The van der Waals surface area contributed by atoms with E-state index in [1.165, 1.54) is 11.1 Å². The number of methoxy groups -OCH3 is 1. The topological polar surface area (TPSA) is 37.9 Å². The highest BCUT2D eigenvalue weighted by molar-refractivity contribution is 5.79. The van der Waals surface area contributed by atoms with Crippen LogP contribution in [0.5, 0.6) is 0 Å². The Kier molecular flexibility index (Phi) is 2.49. The summed E-state index contributed by atoms with van der Waals surface area (Å²) in [7, 11) is 1.69. The SMILES string of the molecule is COC(C)c1nc2c(C)cc(C)cc2[nH]1. The molecule has 15 heavy (non-hydrogen) atoms. The van der Waals surface area contributed by atoms with Gasteiger partial charge in [0.15, 0.2) is 0 Å². The van der Waals surface area contributed by atoms with Crippen LogP contribution in [-0.2, 0) is 4.74 Å². The van der Waals surface area contributed by atoms with Gasteiger partial charge >= 0.3 is 0 Å². The van der Waals surface area contributed by atoms with Crippen LogP contribution >= 0.6 is 0 Å². The first-order valence-electron chi connectivity index (χ1n) is 5.11. The zero-order valence-electron chi connectivity index (χ0n) is 9.59. The second-order valence-electron chi connectivity index (χ2n) is 3.98. The summed E-state index contributed by atoms with van der Waals surface area (Å²) in [5.41, 5.74) is 4.59. The standard InChI is InChI=1S/C12H16N2O/c1-7-5-8(2)11-10(6-7)13-12(14-11)9(3)15-4/h5-6,9H,1-4H3,(H,13,14). The van der Waals surface area contributed by atoms with Crippen molar-refractivity contribution in [2.75, 3.05) is 7.11 Å². The molecule has 0 aliphatic rings. The smallest absolute Gasteiger partial charge is 0.136 e. The molecule has 1 aromatic heterocycles. The molecular formula is C12H16N2O. The summed E-state index contributed by atoms with van der Waals surface area (Å²) >= 11 is 0. The molecule has 2 aromatic rings. The van der Waals surface area contributed by atoms with E-state index in [9.17, 15) is 0 Å². The number of hydrogen-bond acceptors (Lipinski definition) is 2. The minimum absolute atomic E-state index is 0.0112. The molecule has 0 saturated heterocycles. The van der Waals surface area contributed by atoms with Gasteiger partial charge in [-0.1, -0.05) is 6.07 Å². The highest BCUT2D eigenvalue weighted by Gasteiger charge is 2.10. The average Bonchev–Trinajstić information content (AvgIpc) is 2.60. The number of nitrogens with one attached hydrogen (secondary N) is 1. The first kappa shape index (κ1) is 10.2. The van der Waals surface area contributed by atoms with E-state index in [0.29, 0.717) is 0 Å². The van der Waals surface area contributed by atoms with Gasteiger partial charge < -0.3 is 9.72 Å². The molecule has 1 aromatic carbocycles. The van der Waals surface area contributed by atoms with Crippen LogP contribution in [0.15, 0.2) is 12.1 Å². The Bertz CT molecular complexity index is 488. The predicted octanol–water partition coefficient (Wildman–Crippen LogP) is 2.89. The maximum Gasteiger partial charge on any atom is 0.136 e. The minimum Gasteiger partial charge on any atom is -0.374 e. The van der Waals surface area contributed by atoms with Gasteiger partial charge in [0, 0.05) is 7.11 Å². The van der Waals surface area contributed by atoms with E-state index in [4.69, 9.17) is 4.74 Å². The molecule has 1 atom stereocenters. The summed E-state index contributed by atoms with van der Waals surface area (Å²) in [4.78, 5) is 7.84. The maximum atomic E-state index is 5.24. The second-order valence-corrected chi connectivity index (χ2v) is 3.98. The molecule has 2 rings (SSSR count). The van der Waals surface area contributed by atoms with Gasteiger partial charge in [0.1, 0.15) is 11.9 Å². The summed E-state index contributed by atoms with van der Waals surface area (Å²) in [6.07, 6.45) is 0.0112. The summed E-state index contributed by atoms with van der Waals surface area (Å²) < 4.78 is 5.24. The quantitative estimate of drug-likeness (QED) is 0.816. The van der Waals surface area contributed by atoms with Crippen molar-refractivity contribution in [1.82, 2.24) is 9.97 Å². The largest absolute Gasteiger partial charge is 0.374 e. The fourth-order valence-corrected chi connectivity index (χ4v) is 1.79. The second kappa shape index (κ2) is 3.66. The van der Waals surface area contributed by atoms with Crippen LogP contribution in [0.1, 0.15) is 30.0 Å². The Hall–Kier alpha value is -1.35. The number of imidazole rings is 1. The molecule has 0 bridgehead atoms. The van der Waals surface area contributed by atoms with Crippen LogP contribution in [0, 0.1) is 13.8 Å². The van der Waals surface area contributed by atoms with Crippen molar-refractivity contribution in [3.63, 3.8) is 0 Å². The van der Waals surface area contributed by atoms with Crippen molar-refractivity contribution < 1.29 is 4.74 Å². The van der Waals surface area contributed by atoms with Crippen LogP contribution in [0.4, 0.5) is 0 Å². The van der Waals surface area contributed by atoms with Gasteiger partial charge in [0.05, 0.1) is 11.0 Å². The number of hydrogen-bond donors (Lipinski definition) is 1. The van der Waals surface area contributed by atoms with Gasteiger partial charge in [-0.25, -0.2) is 4.98 Å². The number of aromatic amines is 1. The third-order valence-electron chi connectivity index (χ3n) is 2.68. The van der Waals surface area contributed by atoms with Crippen molar-refractivity contribution in [2.45, 2.75) is 26.9 Å². The zero-order valence-corrected chi connectivity index (χ0v) is 9.59. The van der Waals surface area contributed by atoms with E-state index in [2.05, 4.69) is 35.9 Å². The Morgan fingerprint density at radius 3 is 2.73 bits per heavy atom. The number of nitrogens with zero attached hydrogens (tertiary/aromatic N) is 1. The van der Waals surface area contributed by atoms with Crippen molar-refractivity contribution >= 4 is 11.0 Å². The molecule has 3 nitrogen and oxygen atoms in total. The molecule has 1 N–H and O–H groups in total. The Morgan fingerprint density at radius 1 is 1.33 bits per heavy atom. The molecule has 0 aliphatic carbocycles. The lowest BCUT2D eigenvalue weighted by atomic mass is 10.1. The number of aromatic nitrogens is 2. The van der Waals surface area contributed by atoms with E-state index in [1.807, 2.05) is 6.92 Å². The fraction of sp³-hybridized carbons (Fsp3) is 0.417. The number of H-pyrrole nitrogens is 1. The van der Waals surface area contributed by atoms with Gasteiger partial charge in [-0.15, -0.1) is 0 Å². The molecule has 0 spiro atoms. The third kappa shape index (κ3) is 1.75. The lowest BCUT2D eigenvalue weighted by Gasteiger charge is -2.03. The molecule has 3 heteroatoms. The number of aryl methyl sites for hydroxylation is 2. The minimum atomic E-state index is 0.0112. The number of fused-ring (bicyclic) bond motifs is 1. The average molecular weight is 204 g/mol. The van der Waals surface area contributed by atoms with E-state index < -0.39 is 0 Å². The molecule has 0 aliphatic heterocycles. The summed E-state index contributed by atoms with van der Waals surface area (Å²) in [6, 6.07) is 4.26. The van der Waals surface area contributed by atoms with Crippen molar-refractivity contribution in [1.29, 1.82) is 0 Å². The highest BCUT2D eigenvalue weighted by Crippen LogP contribution is 2.21. The fourth-order valence-electron chi connectivity index (χ4n) is 1.79. The number of benzene rings is 1. The Labute approximate surface area is 89.5 Å². The van der Waals surface area contributed by atoms with Crippen molar-refractivity contribution in [2.24, 2.45) is 0 Å². The van der Waals surface area contributed by atoms with E-state index in [1.54, 1.807) is 7.11 Å². The molecule has 0 fully saturated rings. The van der Waals surface area contributed by atoms with Gasteiger partial charge in [-0.3, -0.25) is 0 Å². The predicted molar refractivity (Wildman–Crippen MR) is 61.0 cm³/mol. The Balaban J connectivity index is 2.60. The van der Waals surface area contributed by atoms with Crippen molar-refractivity contribution in [3.8, 4) is 0 Å². The first-order chi connectivity index (χ1) is 7.11. The summed E-state index contributed by atoms with van der Waals surface area (Å²) in [5, 5.41) is 0. The molecular weight excluding hydrogens is 188 g/mol. The molecule has 0 amide bonds. The van der Waals surface area contributed by atoms with E-state index in [0.717, 1.165) is 16.9 Å². The zero-order chi connectivity index (χ0) is 11.0. The summed E-state index contributed by atoms with van der Waals surface area (Å²) in [5.74, 6) is 0.890. The lowest BCUT2D eigenvalue weighted by molar-refractivity contribution is 0.113. The van der Waals surface area contributed by atoms with Crippen LogP contribution < -0.4 is 0 Å². The number of rotatable bonds is 2. The molecule has 0 radical (unpaired) electrons. The van der Waals surface area contributed by atoms with Crippen LogP contribution in [0.3, 0.4) is 0 Å². The number of ether oxygens (including phenoxy) is 1. The van der Waals surface area contributed by atoms with Gasteiger partial charge in [0.25, 0.3) is 0 Å².